The molecule has 0 saturated carbocycles. The van der Waals surface area contributed by atoms with Crippen molar-refractivity contribution in [3.63, 3.8) is 0 Å². The van der Waals surface area contributed by atoms with Crippen LogP contribution in [0.5, 0.6) is 5.75 Å². The second-order valence-corrected chi connectivity index (χ2v) is 5.36. The van der Waals surface area contributed by atoms with Gasteiger partial charge in [0.05, 0.1) is 6.10 Å². The lowest BCUT2D eigenvalue weighted by molar-refractivity contribution is 0.124. The van der Waals surface area contributed by atoms with Gasteiger partial charge in [0.2, 0.25) is 0 Å². The number of hydrogen-bond acceptors (Lipinski definition) is 2. The summed E-state index contributed by atoms with van der Waals surface area (Å²) in [4.78, 5) is 0. The number of para-hydroxylation sites is 1. The molecular weight excluding hydrogens is 224 g/mol. The predicted molar refractivity (Wildman–Crippen MR) is 72.5 cm³/mol. The smallest absolute Gasteiger partial charge is 0.129 e. The van der Waals surface area contributed by atoms with Crippen LogP contribution in [-0.2, 0) is 6.42 Å². The third-order valence-corrected chi connectivity index (χ3v) is 3.20. The van der Waals surface area contributed by atoms with Gasteiger partial charge in [-0.15, -0.1) is 11.8 Å². The average Bonchev–Trinajstić information content (AvgIpc) is 2.62. The topological polar surface area (TPSA) is 29.5 Å². The van der Waals surface area contributed by atoms with Gasteiger partial charge in [-0.1, -0.05) is 18.2 Å². The third-order valence-electron chi connectivity index (χ3n) is 3.20. The first-order valence-electron chi connectivity index (χ1n) is 6.42. The van der Waals surface area contributed by atoms with Gasteiger partial charge in [0.25, 0.3) is 0 Å². The van der Waals surface area contributed by atoms with Crippen LogP contribution in [0, 0.1) is 11.8 Å². The molecule has 1 aromatic rings. The minimum absolute atomic E-state index is 0.165. The molecule has 0 amide bonds. The maximum atomic E-state index is 10.2. The lowest BCUT2D eigenvalue weighted by atomic mass is 9.98. The van der Waals surface area contributed by atoms with Crippen LogP contribution in [0.25, 0.3) is 0 Å². The molecule has 0 aliphatic carbocycles. The molecule has 0 saturated heterocycles. The molecule has 2 nitrogen and oxygen atoms in total. The van der Waals surface area contributed by atoms with Crippen molar-refractivity contribution in [2.24, 2.45) is 0 Å². The first kappa shape index (κ1) is 13.0. The van der Waals surface area contributed by atoms with Crippen molar-refractivity contribution in [1.82, 2.24) is 0 Å². The Kier molecular flexibility index (Phi) is 3.63. The van der Waals surface area contributed by atoms with E-state index in [9.17, 15) is 5.11 Å². The summed E-state index contributed by atoms with van der Waals surface area (Å²) in [6, 6.07) is 6.02. The fourth-order valence-electron chi connectivity index (χ4n) is 2.39. The Bertz CT molecular complexity index is 492. The van der Waals surface area contributed by atoms with Gasteiger partial charge in [-0.2, -0.15) is 0 Å². The minimum atomic E-state index is -0.491. The highest BCUT2D eigenvalue weighted by Gasteiger charge is 2.32. The molecule has 18 heavy (non-hydrogen) atoms. The summed E-state index contributed by atoms with van der Waals surface area (Å²) >= 11 is 0. The highest BCUT2D eigenvalue weighted by Crippen LogP contribution is 2.40. The Morgan fingerprint density at radius 2 is 2.22 bits per heavy atom. The van der Waals surface area contributed by atoms with E-state index in [-0.39, 0.29) is 5.60 Å². The summed E-state index contributed by atoms with van der Waals surface area (Å²) < 4.78 is 5.96. The SMILES string of the molecule is CC#CCCC(O)c1cccc2c1OC(C)(C)C2. The fraction of sp³-hybridized carbons (Fsp3) is 0.500. The number of aliphatic hydroxyl groups excluding tert-OH is 1. The molecule has 1 atom stereocenters. The molecule has 1 aliphatic rings. The van der Waals surface area contributed by atoms with E-state index in [2.05, 4.69) is 31.8 Å². The van der Waals surface area contributed by atoms with Crippen LogP contribution in [-0.4, -0.2) is 10.7 Å². The summed E-state index contributed by atoms with van der Waals surface area (Å²) in [6.07, 6.45) is 1.78. The first-order chi connectivity index (χ1) is 8.53. The van der Waals surface area contributed by atoms with Crippen molar-refractivity contribution in [3.8, 4) is 17.6 Å². The monoisotopic (exact) mass is 244 g/mol. The molecule has 1 aliphatic heterocycles. The first-order valence-corrected chi connectivity index (χ1v) is 6.42. The van der Waals surface area contributed by atoms with Crippen molar-refractivity contribution in [2.45, 2.75) is 51.7 Å². The second kappa shape index (κ2) is 5.04. The Balaban J connectivity index is 2.20. The van der Waals surface area contributed by atoms with Gasteiger partial charge in [0.1, 0.15) is 11.4 Å². The zero-order chi connectivity index (χ0) is 13.2. The molecule has 0 fully saturated rings. The number of rotatable bonds is 3. The van der Waals surface area contributed by atoms with Gasteiger partial charge in [0.15, 0.2) is 0 Å². The van der Waals surface area contributed by atoms with Crippen LogP contribution in [0.3, 0.4) is 0 Å². The lowest BCUT2D eigenvalue weighted by Crippen LogP contribution is -2.25. The van der Waals surface area contributed by atoms with Gasteiger partial charge in [-0.25, -0.2) is 0 Å². The molecule has 2 heteroatoms. The third kappa shape index (κ3) is 2.68. The summed E-state index contributed by atoms with van der Waals surface area (Å²) in [5.41, 5.74) is 1.93. The Morgan fingerprint density at radius 1 is 1.44 bits per heavy atom. The zero-order valence-electron chi connectivity index (χ0n) is 11.3. The quantitative estimate of drug-likeness (QED) is 0.827. The Morgan fingerprint density at radius 3 is 2.94 bits per heavy atom. The van der Waals surface area contributed by atoms with Crippen molar-refractivity contribution >= 4 is 0 Å². The van der Waals surface area contributed by atoms with Crippen LogP contribution < -0.4 is 4.74 Å². The summed E-state index contributed by atoms with van der Waals surface area (Å²) in [6.45, 7) is 5.97. The summed E-state index contributed by atoms with van der Waals surface area (Å²) in [5, 5.41) is 10.2. The molecule has 0 aromatic heterocycles. The Labute approximate surface area is 109 Å². The molecule has 1 N–H and O–H groups in total. The van der Waals surface area contributed by atoms with Crippen LogP contribution in [0.15, 0.2) is 18.2 Å². The van der Waals surface area contributed by atoms with E-state index in [1.807, 2.05) is 19.1 Å². The molecule has 1 unspecified atom stereocenters. The highest BCUT2D eigenvalue weighted by molar-refractivity contribution is 5.46. The van der Waals surface area contributed by atoms with Crippen LogP contribution in [0.4, 0.5) is 0 Å². The van der Waals surface area contributed by atoms with Gasteiger partial charge >= 0.3 is 0 Å². The van der Waals surface area contributed by atoms with E-state index in [0.29, 0.717) is 12.8 Å². The number of benzene rings is 1. The van der Waals surface area contributed by atoms with Crippen LogP contribution in [0.2, 0.25) is 0 Å². The number of hydrogen-bond donors (Lipinski definition) is 1. The van der Waals surface area contributed by atoms with Gasteiger partial charge in [-0.3, -0.25) is 0 Å². The van der Waals surface area contributed by atoms with Crippen LogP contribution >= 0.6 is 0 Å². The van der Waals surface area contributed by atoms with Gasteiger partial charge < -0.3 is 9.84 Å². The maximum absolute atomic E-state index is 10.2. The molecule has 0 bridgehead atoms. The maximum Gasteiger partial charge on any atom is 0.129 e. The molecule has 96 valence electrons. The second-order valence-electron chi connectivity index (χ2n) is 5.36. The van der Waals surface area contributed by atoms with Crippen LogP contribution in [0.1, 0.15) is 50.8 Å². The van der Waals surface area contributed by atoms with E-state index in [4.69, 9.17) is 4.74 Å². The standard InChI is InChI=1S/C16H20O2/c1-4-5-6-10-14(17)13-9-7-8-12-11-16(2,3)18-15(12)13/h7-9,14,17H,6,10-11H2,1-3H3. The number of fused-ring (bicyclic) bond motifs is 1. The zero-order valence-corrected chi connectivity index (χ0v) is 11.3. The van der Waals surface area contributed by atoms with Crippen molar-refractivity contribution < 1.29 is 9.84 Å². The van der Waals surface area contributed by atoms with E-state index in [1.54, 1.807) is 0 Å². The van der Waals surface area contributed by atoms with Crippen molar-refractivity contribution in [1.29, 1.82) is 0 Å². The van der Waals surface area contributed by atoms with E-state index < -0.39 is 6.10 Å². The Hall–Kier alpha value is -1.46. The normalized spacial score (nSPS) is 17.3. The molecular formula is C16H20O2. The lowest BCUT2D eigenvalue weighted by Gasteiger charge is -2.19. The molecule has 1 aromatic carbocycles. The average molecular weight is 244 g/mol. The molecule has 0 spiro atoms. The predicted octanol–water partition coefficient (Wildman–Crippen LogP) is 3.24. The van der Waals surface area contributed by atoms with Gasteiger partial charge in [0, 0.05) is 18.4 Å². The summed E-state index contributed by atoms with van der Waals surface area (Å²) in [5.74, 6) is 6.70. The van der Waals surface area contributed by atoms with E-state index in [0.717, 1.165) is 17.7 Å². The largest absolute Gasteiger partial charge is 0.487 e. The van der Waals surface area contributed by atoms with Gasteiger partial charge in [-0.05, 0) is 32.8 Å². The number of aliphatic hydroxyl groups is 1. The molecule has 2 rings (SSSR count). The highest BCUT2D eigenvalue weighted by atomic mass is 16.5. The van der Waals surface area contributed by atoms with Crippen molar-refractivity contribution in [2.75, 3.05) is 0 Å². The fourth-order valence-corrected chi connectivity index (χ4v) is 2.39. The van der Waals surface area contributed by atoms with Crippen molar-refractivity contribution in [3.05, 3.63) is 29.3 Å². The van der Waals surface area contributed by atoms with E-state index >= 15 is 0 Å². The molecule has 1 heterocycles. The minimum Gasteiger partial charge on any atom is -0.487 e. The number of ether oxygens (including phenoxy) is 1. The summed E-state index contributed by atoms with van der Waals surface area (Å²) in [7, 11) is 0. The van der Waals surface area contributed by atoms with E-state index in [1.165, 1.54) is 5.56 Å². The molecule has 0 radical (unpaired) electrons.